The Morgan fingerprint density at radius 3 is 2.47 bits per heavy atom. The molecule has 6 heteroatoms. The molecular formula is C11H10Cl2N2O2. The van der Waals surface area contributed by atoms with E-state index in [1.165, 1.54) is 4.90 Å². The van der Waals surface area contributed by atoms with Crippen molar-refractivity contribution in [1.29, 1.82) is 0 Å². The van der Waals surface area contributed by atoms with Gasteiger partial charge < -0.3 is 4.90 Å². The average molecular weight is 273 g/mol. The molecule has 0 N–H and O–H groups in total. The van der Waals surface area contributed by atoms with Crippen molar-refractivity contribution >= 4 is 40.5 Å². The van der Waals surface area contributed by atoms with Crippen LogP contribution in [0.5, 0.6) is 0 Å². The Balaban J connectivity index is 2.26. The SMILES string of the molecule is O=Nc1ccc(N2CCCC(Cl)(Cl)C2=O)cc1. The second kappa shape index (κ2) is 4.63. The molecule has 0 aromatic heterocycles. The van der Waals surface area contributed by atoms with Crippen molar-refractivity contribution in [2.45, 2.75) is 17.2 Å². The van der Waals surface area contributed by atoms with E-state index >= 15 is 0 Å². The van der Waals surface area contributed by atoms with Crippen molar-refractivity contribution in [1.82, 2.24) is 0 Å². The molecule has 1 amide bonds. The quantitative estimate of drug-likeness (QED) is 0.612. The number of hydrogen-bond acceptors (Lipinski definition) is 3. The Hall–Kier alpha value is -1.13. The summed E-state index contributed by atoms with van der Waals surface area (Å²) in [5, 5.41) is 2.80. The van der Waals surface area contributed by atoms with E-state index in [0.29, 0.717) is 24.3 Å². The van der Waals surface area contributed by atoms with E-state index in [9.17, 15) is 9.70 Å². The molecular weight excluding hydrogens is 263 g/mol. The van der Waals surface area contributed by atoms with Crippen LogP contribution < -0.4 is 4.90 Å². The third-order valence-corrected chi connectivity index (χ3v) is 3.40. The Morgan fingerprint density at radius 1 is 1.24 bits per heavy atom. The topological polar surface area (TPSA) is 49.7 Å². The largest absolute Gasteiger partial charge is 0.310 e. The van der Waals surface area contributed by atoms with E-state index in [1.54, 1.807) is 24.3 Å². The van der Waals surface area contributed by atoms with Crippen molar-refractivity contribution < 1.29 is 4.79 Å². The fraction of sp³-hybridized carbons (Fsp3) is 0.364. The molecule has 0 spiro atoms. The normalized spacial score (nSPS) is 19.2. The number of nitroso groups, excluding NO2 is 1. The Kier molecular flexibility index (Phi) is 3.35. The monoisotopic (exact) mass is 272 g/mol. The van der Waals surface area contributed by atoms with Gasteiger partial charge >= 0.3 is 0 Å². The average Bonchev–Trinajstić information content (AvgIpc) is 2.33. The highest BCUT2D eigenvalue weighted by atomic mass is 35.5. The van der Waals surface area contributed by atoms with E-state index in [0.717, 1.165) is 6.42 Å². The summed E-state index contributed by atoms with van der Waals surface area (Å²) in [6.07, 6.45) is 1.20. The highest BCUT2D eigenvalue weighted by Gasteiger charge is 2.40. The van der Waals surface area contributed by atoms with Crippen LogP contribution in [-0.2, 0) is 4.79 Å². The molecule has 0 aliphatic carbocycles. The van der Waals surface area contributed by atoms with Gasteiger partial charge in [-0.1, -0.05) is 23.2 Å². The summed E-state index contributed by atoms with van der Waals surface area (Å²) < 4.78 is -1.35. The predicted octanol–water partition coefficient (Wildman–Crippen LogP) is 3.39. The molecule has 17 heavy (non-hydrogen) atoms. The molecule has 1 aromatic rings. The molecule has 1 heterocycles. The van der Waals surface area contributed by atoms with Gasteiger partial charge in [0.2, 0.25) is 0 Å². The molecule has 0 radical (unpaired) electrons. The number of amides is 1. The second-order valence-corrected chi connectivity index (χ2v) is 5.36. The van der Waals surface area contributed by atoms with Crippen molar-refractivity contribution in [3.8, 4) is 0 Å². The molecule has 1 fully saturated rings. The van der Waals surface area contributed by atoms with Crippen LogP contribution in [0, 0.1) is 4.91 Å². The van der Waals surface area contributed by atoms with Gasteiger partial charge in [-0.05, 0) is 42.3 Å². The number of anilines is 1. The number of carbonyl (C=O) groups excluding carboxylic acids is 1. The first-order chi connectivity index (χ1) is 8.04. The van der Waals surface area contributed by atoms with Crippen LogP contribution in [0.3, 0.4) is 0 Å². The summed E-state index contributed by atoms with van der Waals surface area (Å²) in [7, 11) is 0. The van der Waals surface area contributed by atoms with Crippen LogP contribution in [0.25, 0.3) is 0 Å². The molecule has 1 aliphatic rings. The molecule has 1 aliphatic heterocycles. The summed E-state index contributed by atoms with van der Waals surface area (Å²) in [5.41, 5.74) is 0.994. The maximum Gasteiger partial charge on any atom is 0.263 e. The zero-order valence-electron chi connectivity index (χ0n) is 8.90. The van der Waals surface area contributed by atoms with Crippen LogP contribution in [0.1, 0.15) is 12.8 Å². The molecule has 0 unspecified atom stereocenters. The van der Waals surface area contributed by atoms with E-state index in [-0.39, 0.29) is 5.91 Å². The van der Waals surface area contributed by atoms with Gasteiger partial charge in [0.15, 0.2) is 4.33 Å². The first-order valence-electron chi connectivity index (χ1n) is 5.18. The summed E-state index contributed by atoms with van der Waals surface area (Å²) >= 11 is 11.9. The smallest absolute Gasteiger partial charge is 0.263 e. The van der Waals surface area contributed by atoms with E-state index < -0.39 is 4.33 Å². The first-order valence-corrected chi connectivity index (χ1v) is 5.93. The lowest BCUT2D eigenvalue weighted by Gasteiger charge is -2.33. The number of nitrogens with zero attached hydrogens (tertiary/aromatic N) is 2. The molecule has 1 saturated heterocycles. The number of piperidine rings is 1. The Labute approximate surface area is 108 Å². The third kappa shape index (κ3) is 2.42. The maximum atomic E-state index is 12.0. The zero-order valence-corrected chi connectivity index (χ0v) is 10.4. The highest BCUT2D eigenvalue weighted by molar-refractivity contribution is 6.59. The summed E-state index contributed by atoms with van der Waals surface area (Å²) in [4.78, 5) is 23.8. The number of benzene rings is 1. The van der Waals surface area contributed by atoms with E-state index in [4.69, 9.17) is 23.2 Å². The van der Waals surface area contributed by atoms with Crippen LogP contribution in [0.2, 0.25) is 0 Å². The fourth-order valence-corrected chi connectivity index (χ4v) is 2.28. The lowest BCUT2D eigenvalue weighted by Crippen LogP contribution is -2.47. The van der Waals surface area contributed by atoms with Gasteiger partial charge in [-0.15, -0.1) is 4.91 Å². The number of rotatable bonds is 2. The third-order valence-electron chi connectivity index (χ3n) is 2.70. The Morgan fingerprint density at radius 2 is 1.88 bits per heavy atom. The Bertz CT molecular complexity index is 445. The number of alkyl halides is 2. The maximum absolute atomic E-state index is 12.0. The van der Waals surface area contributed by atoms with Crippen LogP contribution in [-0.4, -0.2) is 16.8 Å². The van der Waals surface area contributed by atoms with Crippen LogP contribution in [0.15, 0.2) is 29.4 Å². The van der Waals surface area contributed by atoms with Crippen LogP contribution >= 0.6 is 23.2 Å². The molecule has 0 atom stereocenters. The van der Waals surface area contributed by atoms with Crippen molar-refractivity contribution in [2.24, 2.45) is 5.18 Å². The van der Waals surface area contributed by atoms with E-state index in [1.807, 2.05) is 0 Å². The zero-order chi connectivity index (χ0) is 12.5. The van der Waals surface area contributed by atoms with Gasteiger partial charge in [0.05, 0.1) is 0 Å². The molecule has 90 valence electrons. The minimum absolute atomic E-state index is 0.320. The standard InChI is InChI=1S/C11H10Cl2N2O2/c12-11(13)6-1-7-15(10(11)16)9-4-2-8(14-17)3-5-9/h2-5H,1,6-7H2. The lowest BCUT2D eigenvalue weighted by molar-refractivity contribution is -0.120. The number of hydrogen-bond donors (Lipinski definition) is 0. The molecule has 1 aromatic carbocycles. The second-order valence-electron chi connectivity index (χ2n) is 3.87. The van der Waals surface area contributed by atoms with Crippen molar-refractivity contribution in [3.63, 3.8) is 0 Å². The predicted molar refractivity (Wildman–Crippen MR) is 67.9 cm³/mol. The fourth-order valence-electron chi connectivity index (χ4n) is 1.80. The van der Waals surface area contributed by atoms with Gasteiger partial charge in [-0.2, -0.15) is 0 Å². The molecule has 0 bridgehead atoms. The molecule has 4 nitrogen and oxygen atoms in total. The lowest BCUT2D eigenvalue weighted by atomic mass is 10.1. The molecule has 2 rings (SSSR count). The van der Waals surface area contributed by atoms with Crippen molar-refractivity contribution in [3.05, 3.63) is 29.2 Å². The van der Waals surface area contributed by atoms with Gasteiger partial charge in [0, 0.05) is 12.2 Å². The summed E-state index contributed by atoms with van der Waals surface area (Å²) in [6, 6.07) is 6.41. The van der Waals surface area contributed by atoms with Gasteiger partial charge in [-0.25, -0.2) is 0 Å². The summed E-state index contributed by atoms with van der Waals surface area (Å²) in [5.74, 6) is -0.320. The number of carbonyl (C=O) groups is 1. The van der Waals surface area contributed by atoms with Crippen LogP contribution in [0.4, 0.5) is 11.4 Å². The van der Waals surface area contributed by atoms with Gasteiger partial charge in [0.1, 0.15) is 5.69 Å². The van der Waals surface area contributed by atoms with Gasteiger partial charge in [-0.3, -0.25) is 4.79 Å². The molecule has 0 saturated carbocycles. The van der Waals surface area contributed by atoms with Gasteiger partial charge in [0.25, 0.3) is 5.91 Å². The minimum Gasteiger partial charge on any atom is -0.310 e. The first kappa shape index (κ1) is 12.3. The highest BCUT2D eigenvalue weighted by Crippen LogP contribution is 2.35. The van der Waals surface area contributed by atoms with E-state index in [2.05, 4.69) is 5.18 Å². The van der Waals surface area contributed by atoms with Crippen molar-refractivity contribution in [2.75, 3.05) is 11.4 Å². The minimum atomic E-state index is -1.35. The number of halogens is 2. The summed E-state index contributed by atoms with van der Waals surface area (Å²) in [6.45, 7) is 0.577.